The number of likely N-dealkylation sites (tertiary alicyclic amines) is 2. The topological polar surface area (TPSA) is 148 Å². The summed E-state index contributed by atoms with van der Waals surface area (Å²) >= 11 is 1.41. The van der Waals surface area contributed by atoms with Crippen LogP contribution in [-0.4, -0.2) is 83.9 Å². The summed E-state index contributed by atoms with van der Waals surface area (Å²) in [7, 11) is 0. The van der Waals surface area contributed by atoms with Crippen molar-refractivity contribution >= 4 is 35.6 Å². The van der Waals surface area contributed by atoms with E-state index in [9.17, 15) is 19.2 Å². The van der Waals surface area contributed by atoms with E-state index in [0.29, 0.717) is 62.6 Å². The van der Waals surface area contributed by atoms with Crippen molar-refractivity contribution in [2.45, 2.75) is 62.9 Å². The molecule has 1 aromatic heterocycles. The van der Waals surface area contributed by atoms with Crippen molar-refractivity contribution in [2.24, 2.45) is 5.41 Å². The number of aliphatic carboxylic acids is 1. The van der Waals surface area contributed by atoms with Gasteiger partial charge in [-0.05, 0) is 52.8 Å². The number of carbonyl (C=O) groups is 4. The average Bonchev–Trinajstić information content (AvgIpc) is 3.25. The number of carboxylic acids is 1. The lowest BCUT2D eigenvalue weighted by Gasteiger charge is -2.34. The number of piperidine rings is 2. The number of tetrazole rings is 1. The van der Waals surface area contributed by atoms with E-state index in [2.05, 4.69) is 15.5 Å². The monoisotopic (exact) mass is 530 g/mol. The second-order valence-electron chi connectivity index (χ2n) is 10.0. The highest BCUT2D eigenvalue weighted by molar-refractivity contribution is 7.99. The number of carboxylic acid groups (broad SMARTS) is 1. The van der Waals surface area contributed by atoms with Crippen LogP contribution in [0.4, 0.5) is 4.79 Å². The van der Waals surface area contributed by atoms with Crippen LogP contribution in [0.25, 0.3) is 0 Å². The van der Waals surface area contributed by atoms with E-state index in [0.717, 1.165) is 5.56 Å². The van der Waals surface area contributed by atoms with Crippen molar-refractivity contribution in [3.8, 4) is 5.75 Å². The summed E-state index contributed by atoms with van der Waals surface area (Å²) in [6.07, 6.45) is 2.24. The van der Waals surface area contributed by atoms with E-state index in [4.69, 9.17) is 9.84 Å². The molecular formula is C24H30N6O6S. The first-order chi connectivity index (χ1) is 17.6. The van der Waals surface area contributed by atoms with Gasteiger partial charge in [-0.15, -0.1) is 5.10 Å². The summed E-state index contributed by atoms with van der Waals surface area (Å²) in [5.41, 5.74) is 0.651. The molecule has 0 atom stereocenters. The predicted octanol–water partition coefficient (Wildman–Crippen LogP) is 2.23. The maximum absolute atomic E-state index is 12.6. The first-order valence-electron chi connectivity index (χ1n) is 12.1. The minimum absolute atomic E-state index is 0.132. The molecule has 3 heterocycles. The number of hydrogen-bond acceptors (Lipinski definition) is 9. The molecule has 37 heavy (non-hydrogen) atoms. The molecule has 2 fully saturated rings. The second kappa shape index (κ2) is 11.3. The largest absolute Gasteiger partial charge is 0.480 e. The van der Waals surface area contributed by atoms with Gasteiger partial charge in [-0.1, -0.05) is 37.7 Å². The average molecular weight is 531 g/mol. The fourth-order valence-electron chi connectivity index (χ4n) is 4.40. The van der Waals surface area contributed by atoms with Crippen LogP contribution in [0.15, 0.2) is 29.4 Å². The fourth-order valence-corrected chi connectivity index (χ4v) is 5.46. The van der Waals surface area contributed by atoms with Gasteiger partial charge in [0.2, 0.25) is 17.0 Å². The molecule has 0 saturated carbocycles. The van der Waals surface area contributed by atoms with Crippen LogP contribution in [0.3, 0.4) is 0 Å². The van der Waals surface area contributed by atoms with E-state index in [1.165, 1.54) is 21.3 Å². The Morgan fingerprint density at radius 1 is 1.11 bits per heavy atom. The Hall–Kier alpha value is -3.48. The van der Waals surface area contributed by atoms with Crippen molar-refractivity contribution in [3.63, 3.8) is 0 Å². The number of hydrogen-bond donors (Lipinski definition) is 1. The molecule has 2 aliphatic heterocycles. The number of benzene rings is 1. The van der Waals surface area contributed by atoms with Crippen molar-refractivity contribution in [2.75, 3.05) is 19.6 Å². The van der Waals surface area contributed by atoms with Gasteiger partial charge in [-0.3, -0.25) is 19.3 Å². The van der Waals surface area contributed by atoms with E-state index in [1.807, 2.05) is 26.0 Å². The second-order valence-corrected chi connectivity index (χ2v) is 11.3. The quantitative estimate of drug-likeness (QED) is 0.504. The smallest absolute Gasteiger partial charge is 0.415 e. The molecule has 0 bridgehead atoms. The Morgan fingerprint density at radius 2 is 1.76 bits per heavy atom. The van der Waals surface area contributed by atoms with Crippen LogP contribution in [0, 0.1) is 5.41 Å². The van der Waals surface area contributed by atoms with E-state index in [-0.39, 0.29) is 29.0 Å². The number of rotatable bonds is 8. The molecule has 0 spiro atoms. The number of imide groups is 1. The van der Waals surface area contributed by atoms with Crippen LogP contribution in [0.2, 0.25) is 0 Å². The Labute approximate surface area is 218 Å². The lowest BCUT2D eigenvalue weighted by atomic mass is 9.81. The summed E-state index contributed by atoms with van der Waals surface area (Å²) < 4.78 is 6.77. The molecule has 13 heteroatoms. The zero-order valence-corrected chi connectivity index (χ0v) is 21.6. The van der Waals surface area contributed by atoms with Gasteiger partial charge in [-0.25, -0.2) is 9.48 Å². The van der Waals surface area contributed by atoms with Gasteiger partial charge >= 0.3 is 12.1 Å². The molecule has 2 aromatic rings. The van der Waals surface area contributed by atoms with Crippen LogP contribution in [-0.2, 0) is 27.3 Å². The number of aromatic nitrogens is 4. The molecule has 0 aliphatic carbocycles. The van der Waals surface area contributed by atoms with E-state index < -0.39 is 12.1 Å². The third-order valence-corrected chi connectivity index (χ3v) is 7.68. The van der Waals surface area contributed by atoms with Crippen LogP contribution < -0.4 is 4.74 Å². The molecule has 198 valence electrons. The van der Waals surface area contributed by atoms with Gasteiger partial charge < -0.3 is 14.7 Å². The first-order valence-corrected chi connectivity index (χ1v) is 13.0. The zero-order chi connectivity index (χ0) is 26.6. The van der Waals surface area contributed by atoms with Crippen molar-refractivity contribution in [3.05, 3.63) is 29.8 Å². The Morgan fingerprint density at radius 3 is 2.38 bits per heavy atom. The van der Waals surface area contributed by atoms with E-state index >= 15 is 0 Å². The SMILES string of the molecule is CC1(C)CC(=O)N(CCc2ccc(OC(=O)N3CCC(Sc4nnnn4CC(=O)O)CC3)cc2)C(=O)C1. The molecule has 1 aromatic carbocycles. The number of ether oxygens (including phenoxy) is 1. The third-order valence-electron chi connectivity index (χ3n) is 6.37. The van der Waals surface area contributed by atoms with Gasteiger partial charge in [-0.2, -0.15) is 0 Å². The zero-order valence-electron chi connectivity index (χ0n) is 20.8. The van der Waals surface area contributed by atoms with Gasteiger partial charge in [0.15, 0.2) is 0 Å². The van der Waals surface area contributed by atoms with Gasteiger partial charge in [0.25, 0.3) is 0 Å². The number of carbonyl (C=O) groups excluding carboxylic acids is 3. The maximum atomic E-state index is 12.6. The normalized spacial score (nSPS) is 18.2. The lowest BCUT2D eigenvalue weighted by Crippen LogP contribution is -2.46. The first kappa shape index (κ1) is 26.6. The summed E-state index contributed by atoms with van der Waals surface area (Å²) in [4.78, 5) is 51.2. The van der Waals surface area contributed by atoms with Crippen molar-refractivity contribution in [1.29, 1.82) is 0 Å². The summed E-state index contributed by atoms with van der Waals surface area (Å²) in [6.45, 7) is 4.90. The van der Waals surface area contributed by atoms with Gasteiger partial charge in [0.05, 0.1) is 0 Å². The molecular weight excluding hydrogens is 500 g/mol. The minimum Gasteiger partial charge on any atom is -0.480 e. The Kier molecular flexibility index (Phi) is 8.10. The lowest BCUT2D eigenvalue weighted by molar-refractivity contribution is -0.152. The Bertz CT molecular complexity index is 1140. The molecule has 2 saturated heterocycles. The summed E-state index contributed by atoms with van der Waals surface area (Å²) in [5, 5.41) is 20.7. The fraction of sp³-hybridized carbons (Fsp3) is 0.542. The van der Waals surface area contributed by atoms with Crippen LogP contribution in [0.1, 0.15) is 45.1 Å². The van der Waals surface area contributed by atoms with Crippen molar-refractivity contribution < 1.29 is 29.0 Å². The molecule has 0 radical (unpaired) electrons. The Balaban J connectivity index is 1.22. The highest BCUT2D eigenvalue weighted by Crippen LogP contribution is 2.32. The summed E-state index contributed by atoms with van der Waals surface area (Å²) in [6, 6.07) is 7.08. The molecule has 12 nitrogen and oxygen atoms in total. The number of amides is 3. The molecule has 3 amide bonds. The molecule has 4 rings (SSSR count). The van der Waals surface area contributed by atoms with Gasteiger partial charge in [0, 0.05) is 37.7 Å². The predicted molar refractivity (Wildman–Crippen MR) is 132 cm³/mol. The number of nitrogens with zero attached hydrogens (tertiary/aromatic N) is 6. The minimum atomic E-state index is -1.02. The van der Waals surface area contributed by atoms with Crippen LogP contribution >= 0.6 is 11.8 Å². The van der Waals surface area contributed by atoms with Gasteiger partial charge in [0.1, 0.15) is 12.3 Å². The standard InChI is InChI=1S/C24H30N6O6S/c1-24(2)13-19(31)29(20(32)14-24)12-7-16-3-5-17(6-4-16)36-23(35)28-10-8-18(9-11-28)37-22-25-26-27-30(22)15-21(33)34/h3-6,18H,7-15H2,1-2H3,(H,33,34). The third kappa shape index (κ3) is 7.06. The highest BCUT2D eigenvalue weighted by atomic mass is 32.2. The number of thioether (sulfide) groups is 1. The molecule has 1 N–H and O–H groups in total. The maximum Gasteiger partial charge on any atom is 0.415 e. The highest BCUT2D eigenvalue weighted by Gasteiger charge is 2.37. The molecule has 2 aliphatic rings. The molecule has 0 unspecified atom stereocenters. The van der Waals surface area contributed by atoms with E-state index in [1.54, 1.807) is 17.0 Å². The van der Waals surface area contributed by atoms with Crippen LogP contribution in [0.5, 0.6) is 5.75 Å². The summed E-state index contributed by atoms with van der Waals surface area (Å²) in [5.74, 6) is -0.860. The van der Waals surface area contributed by atoms with Crippen molar-refractivity contribution in [1.82, 2.24) is 30.0 Å².